The number of nitrogens with zero attached hydrogens (tertiary/aromatic N) is 4. The maximum absolute atomic E-state index is 12.4. The number of alkyl halides is 3. The van der Waals surface area contributed by atoms with Crippen molar-refractivity contribution in [1.82, 2.24) is 25.1 Å². The van der Waals surface area contributed by atoms with E-state index in [0.717, 1.165) is 0 Å². The van der Waals surface area contributed by atoms with Crippen molar-refractivity contribution in [2.45, 2.75) is 32.2 Å². The molecule has 0 bridgehead atoms. The number of hydrogen-bond donors (Lipinski definition) is 4. The molecule has 2 rings (SSSR count). The number of hydrogen-bond acceptors (Lipinski definition) is 7. The van der Waals surface area contributed by atoms with Gasteiger partial charge in [0.1, 0.15) is 5.69 Å². The van der Waals surface area contributed by atoms with Gasteiger partial charge in [0.2, 0.25) is 6.41 Å². The van der Waals surface area contributed by atoms with E-state index in [1.807, 2.05) is 0 Å². The third-order valence-corrected chi connectivity index (χ3v) is 3.61. The molecule has 6 N–H and O–H groups in total. The number of halogens is 3. The van der Waals surface area contributed by atoms with Gasteiger partial charge in [-0.3, -0.25) is 9.48 Å². The summed E-state index contributed by atoms with van der Waals surface area (Å²) in [6.45, 7) is 1.29. The van der Waals surface area contributed by atoms with Crippen LogP contribution in [-0.2, 0) is 11.3 Å². The summed E-state index contributed by atoms with van der Waals surface area (Å²) in [6.07, 6.45) is -3.07. The van der Waals surface area contributed by atoms with Crippen LogP contribution in [0.1, 0.15) is 17.8 Å². The molecular weight excluding hydrogens is 367 g/mol. The normalized spacial score (nSPS) is 13.4. The van der Waals surface area contributed by atoms with Gasteiger partial charge in [0, 0.05) is 17.5 Å². The van der Waals surface area contributed by atoms with Crippen molar-refractivity contribution < 1.29 is 23.1 Å². The van der Waals surface area contributed by atoms with E-state index in [4.69, 9.17) is 11.5 Å². The van der Waals surface area contributed by atoms with E-state index in [1.54, 1.807) is 6.92 Å². The minimum atomic E-state index is -4.47. The lowest BCUT2D eigenvalue weighted by Gasteiger charge is -2.14. The molecule has 2 aromatic rings. The molecule has 0 aliphatic heterocycles. The Balaban J connectivity index is 2.29. The maximum atomic E-state index is 12.4. The fourth-order valence-corrected chi connectivity index (χ4v) is 2.35. The Morgan fingerprint density at radius 1 is 1.44 bits per heavy atom. The fourth-order valence-electron chi connectivity index (χ4n) is 2.35. The standard InChI is InChI=1S/C15H18F3N7O2/c1-8-10(3-23-25(8)6-9(27)2-15(16,17)18)12-5-22-14(20)13(24-12)11(19)4-21-7-26/h3-5,7,9,27H,2,6,19H2,1H3,(H2,20,22)(H,21,26)/b11-4-. The summed E-state index contributed by atoms with van der Waals surface area (Å²) in [5.41, 5.74) is 13.0. The van der Waals surface area contributed by atoms with Crippen molar-refractivity contribution in [3.63, 3.8) is 0 Å². The first kappa shape index (κ1) is 20.2. The largest absolute Gasteiger partial charge is 0.396 e. The molecule has 1 atom stereocenters. The minimum absolute atomic E-state index is 0.0332. The molecule has 146 valence electrons. The highest BCUT2D eigenvalue weighted by molar-refractivity contribution is 5.72. The molecule has 0 aliphatic carbocycles. The smallest absolute Gasteiger partial charge is 0.391 e. The Kier molecular flexibility index (Phi) is 6.00. The van der Waals surface area contributed by atoms with E-state index in [1.165, 1.54) is 23.3 Å². The third kappa shape index (κ3) is 5.17. The van der Waals surface area contributed by atoms with Gasteiger partial charge in [-0.1, -0.05) is 0 Å². The molecule has 0 radical (unpaired) electrons. The first-order valence-electron chi connectivity index (χ1n) is 7.68. The summed E-state index contributed by atoms with van der Waals surface area (Å²) in [5.74, 6) is 0.0332. The fraction of sp³-hybridized carbons (Fsp3) is 0.333. The van der Waals surface area contributed by atoms with Crippen LogP contribution < -0.4 is 16.8 Å². The van der Waals surface area contributed by atoms with Crippen molar-refractivity contribution >= 4 is 17.9 Å². The summed E-state index contributed by atoms with van der Waals surface area (Å²) < 4.78 is 38.3. The molecule has 9 nitrogen and oxygen atoms in total. The monoisotopic (exact) mass is 385 g/mol. The summed E-state index contributed by atoms with van der Waals surface area (Å²) in [7, 11) is 0. The van der Waals surface area contributed by atoms with Gasteiger partial charge in [0.25, 0.3) is 0 Å². The second kappa shape index (κ2) is 8.03. The van der Waals surface area contributed by atoms with Crippen LogP contribution >= 0.6 is 0 Å². The second-order valence-corrected chi connectivity index (χ2v) is 5.67. The lowest BCUT2D eigenvalue weighted by atomic mass is 10.2. The molecule has 1 amide bonds. The quantitative estimate of drug-likeness (QED) is 0.509. The summed E-state index contributed by atoms with van der Waals surface area (Å²) in [5, 5.41) is 15.8. The van der Waals surface area contributed by atoms with Gasteiger partial charge in [-0.15, -0.1) is 0 Å². The molecule has 0 saturated heterocycles. The molecule has 0 aliphatic rings. The predicted molar refractivity (Wildman–Crippen MR) is 90.4 cm³/mol. The molecule has 2 heterocycles. The molecule has 0 fully saturated rings. The Bertz CT molecular complexity index is 848. The number of carbonyl (C=O) groups excluding carboxylic acids is 1. The zero-order valence-electron chi connectivity index (χ0n) is 14.2. The average Bonchev–Trinajstić information content (AvgIpc) is 2.92. The van der Waals surface area contributed by atoms with Crippen LogP contribution in [0, 0.1) is 6.92 Å². The first-order valence-corrected chi connectivity index (χ1v) is 7.68. The van der Waals surface area contributed by atoms with Gasteiger partial charge in [-0.25, -0.2) is 9.97 Å². The van der Waals surface area contributed by atoms with Gasteiger partial charge in [-0.2, -0.15) is 18.3 Å². The number of carbonyl (C=O) groups is 1. The van der Waals surface area contributed by atoms with Crippen molar-refractivity contribution in [1.29, 1.82) is 0 Å². The molecule has 0 aromatic carbocycles. The topological polar surface area (TPSA) is 145 Å². The number of nitrogens with two attached hydrogens (primary N) is 2. The van der Waals surface area contributed by atoms with Crippen LogP contribution in [0.4, 0.5) is 19.0 Å². The Morgan fingerprint density at radius 2 is 2.15 bits per heavy atom. The number of rotatable bonds is 7. The van der Waals surface area contributed by atoms with E-state index in [0.29, 0.717) is 23.4 Å². The maximum Gasteiger partial charge on any atom is 0.391 e. The Hall–Kier alpha value is -3.15. The molecule has 1 unspecified atom stereocenters. The number of aliphatic hydroxyl groups is 1. The van der Waals surface area contributed by atoms with Crippen molar-refractivity contribution in [3.05, 3.63) is 30.0 Å². The van der Waals surface area contributed by atoms with Gasteiger partial charge >= 0.3 is 6.18 Å². The number of aromatic nitrogens is 4. The van der Waals surface area contributed by atoms with Gasteiger partial charge in [0.05, 0.1) is 42.9 Å². The molecule has 2 aromatic heterocycles. The summed E-state index contributed by atoms with van der Waals surface area (Å²) >= 11 is 0. The third-order valence-electron chi connectivity index (χ3n) is 3.61. The zero-order chi connectivity index (χ0) is 20.2. The highest BCUT2D eigenvalue weighted by atomic mass is 19.4. The molecule has 0 saturated carbocycles. The van der Waals surface area contributed by atoms with Gasteiger partial charge in [-0.05, 0) is 6.92 Å². The van der Waals surface area contributed by atoms with Crippen molar-refractivity contribution in [2.75, 3.05) is 5.73 Å². The van der Waals surface area contributed by atoms with Crippen LogP contribution in [0.3, 0.4) is 0 Å². The van der Waals surface area contributed by atoms with E-state index < -0.39 is 18.7 Å². The summed E-state index contributed by atoms with van der Waals surface area (Å²) in [6, 6.07) is 0. The number of anilines is 1. The van der Waals surface area contributed by atoms with Crippen LogP contribution in [0.25, 0.3) is 17.0 Å². The van der Waals surface area contributed by atoms with Crippen molar-refractivity contribution in [2.24, 2.45) is 5.73 Å². The van der Waals surface area contributed by atoms with E-state index in [2.05, 4.69) is 20.4 Å². The van der Waals surface area contributed by atoms with Crippen LogP contribution in [0.5, 0.6) is 0 Å². The molecule has 0 spiro atoms. The van der Waals surface area contributed by atoms with E-state index in [-0.39, 0.29) is 23.8 Å². The number of nitrogens with one attached hydrogen (secondary N) is 1. The molecule has 12 heteroatoms. The first-order chi connectivity index (χ1) is 12.6. The molecular formula is C15H18F3N7O2. The van der Waals surface area contributed by atoms with Crippen LogP contribution in [0.2, 0.25) is 0 Å². The zero-order valence-corrected chi connectivity index (χ0v) is 14.2. The highest BCUT2D eigenvalue weighted by Gasteiger charge is 2.31. The van der Waals surface area contributed by atoms with Crippen LogP contribution in [-0.4, -0.2) is 43.5 Å². The second-order valence-electron chi connectivity index (χ2n) is 5.67. The number of aliphatic hydroxyl groups excluding tert-OH is 1. The number of nitrogen functional groups attached to an aromatic ring is 1. The van der Waals surface area contributed by atoms with Gasteiger partial charge < -0.3 is 21.9 Å². The molecule has 27 heavy (non-hydrogen) atoms. The lowest BCUT2D eigenvalue weighted by molar-refractivity contribution is -0.155. The number of amides is 1. The Labute approximate surface area is 151 Å². The van der Waals surface area contributed by atoms with E-state index in [9.17, 15) is 23.1 Å². The average molecular weight is 385 g/mol. The van der Waals surface area contributed by atoms with Crippen LogP contribution in [0.15, 0.2) is 18.6 Å². The Morgan fingerprint density at radius 3 is 2.78 bits per heavy atom. The predicted octanol–water partition coefficient (Wildman–Crippen LogP) is 0.547. The highest BCUT2D eigenvalue weighted by Crippen LogP contribution is 2.25. The van der Waals surface area contributed by atoms with Gasteiger partial charge in [0.15, 0.2) is 5.82 Å². The SMILES string of the molecule is Cc1c(-c2cnc(N)c(/C(N)=C/NC=O)n2)cnn1CC(O)CC(F)(F)F. The summed E-state index contributed by atoms with van der Waals surface area (Å²) in [4.78, 5) is 18.6. The lowest BCUT2D eigenvalue weighted by Crippen LogP contribution is -2.24. The minimum Gasteiger partial charge on any atom is -0.396 e. The van der Waals surface area contributed by atoms with E-state index >= 15 is 0 Å². The van der Waals surface area contributed by atoms with Crippen molar-refractivity contribution in [3.8, 4) is 11.3 Å².